The average molecular weight is 254 g/mol. The van der Waals surface area contributed by atoms with Crippen LogP contribution in [0.2, 0.25) is 5.02 Å². The summed E-state index contributed by atoms with van der Waals surface area (Å²) in [5, 5.41) is 0.334. The van der Waals surface area contributed by atoms with Crippen LogP contribution in [0.5, 0.6) is 0 Å². The molecule has 0 aromatic carbocycles. The van der Waals surface area contributed by atoms with E-state index in [9.17, 15) is 4.79 Å². The predicted molar refractivity (Wildman–Crippen MR) is 68.0 cm³/mol. The zero-order chi connectivity index (χ0) is 12.4. The lowest BCUT2D eigenvalue weighted by Gasteiger charge is -2.33. The van der Waals surface area contributed by atoms with Crippen molar-refractivity contribution in [3.05, 3.63) is 22.8 Å². The number of hydrogen-bond acceptors (Lipinski definition) is 3. The summed E-state index contributed by atoms with van der Waals surface area (Å²) in [6.45, 7) is 2.88. The molecule has 1 aromatic rings. The minimum absolute atomic E-state index is 0.00778. The van der Waals surface area contributed by atoms with Crippen LogP contribution in [0.15, 0.2) is 12.3 Å². The van der Waals surface area contributed by atoms with Crippen LogP contribution in [0.25, 0.3) is 0 Å². The summed E-state index contributed by atoms with van der Waals surface area (Å²) in [5.41, 5.74) is 6.04. The fourth-order valence-electron chi connectivity index (χ4n) is 2.13. The topological polar surface area (TPSA) is 59.2 Å². The second-order valence-electron chi connectivity index (χ2n) is 4.43. The van der Waals surface area contributed by atoms with Gasteiger partial charge in [-0.05, 0) is 32.3 Å². The van der Waals surface area contributed by atoms with E-state index in [-0.39, 0.29) is 17.8 Å². The third-order valence-corrected chi connectivity index (χ3v) is 3.48. The van der Waals surface area contributed by atoms with Gasteiger partial charge in [0.1, 0.15) is 5.82 Å². The van der Waals surface area contributed by atoms with Crippen LogP contribution in [0.1, 0.15) is 36.5 Å². The van der Waals surface area contributed by atoms with Crippen molar-refractivity contribution >= 4 is 23.3 Å². The molecule has 1 atom stereocenters. The lowest BCUT2D eigenvalue weighted by Crippen LogP contribution is -2.42. The number of nitrogens with zero attached hydrogens (tertiary/aromatic N) is 2. The number of piperidine rings is 1. The molecule has 2 heterocycles. The van der Waals surface area contributed by atoms with Crippen LogP contribution in [0.3, 0.4) is 0 Å². The van der Waals surface area contributed by atoms with E-state index in [1.165, 1.54) is 12.6 Å². The number of carbonyl (C=O) groups is 1. The second-order valence-corrected chi connectivity index (χ2v) is 4.84. The summed E-state index contributed by atoms with van der Waals surface area (Å²) in [6.07, 6.45) is 4.80. The number of nitrogen functional groups attached to an aromatic ring is 1. The molecule has 1 fully saturated rings. The van der Waals surface area contributed by atoms with E-state index >= 15 is 0 Å². The number of anilines is 1. The summed E-state index contributed by atoms with van der Waals surface area (Å²) in [4.78, 5) is 18.1. The monoisotopic (exact) mass is 253 g/mol. The molecule has 1 saturated heterocycles. The number of pyridine rings is 1. The molecule has 4 nitrogen and oxygen atoms in total. The molecular weight excluding hydrogens is 238 g/mol. The third kappa shape index (κ3) is 2.52. The SMILES string of the molecule is CC1CCCCN1C(=O)c1cnc(N)c(Cl)c1. The largest absolute Gasteiger partial charge is 0.382 e. The molecule has 0 spiro atoms. The van der Waals surface area contributed by atoms with Gasteiger partial charge in [-0.25, -0.2) is 4.98 Å². The first-order chi connectivity index (χ1) is 8.09. The Balaban J connectivity index is 2.21. The lowest BCUT2D eigenvalue weighted by molar-refractivity contribution is 0.0635. The van der Waals surface area contributed by atoms with Crippen LogP contribution >= 0.6 is 11.6 Å². The van der Waals surface area contributed by atoms with Crippen LogP contribution in [-0.2, 0) is 0 Å². The number of halogens is 1. The highest BCUT2D eigenvalue weighted by atomic mass is 35.5. The van der Waals surface area contributed by atoms with E-state index < -0.39 is 0 Å². The molecule has 0 aliphatic carbocycles. The maximum atomic E-state index is 12.3. The summed E-state index contributed by atoms with van der Waals surface area (Å²) in [5.74, 6) is 0.251. The Morgan fingerprint density at radius 2 is 2.35 bits per heavy atom. The van der Waals surface area contributed by atoms with Crippen molar-refractivity contribution in [2.24, 2.45) is 0 Å². The number of hydrogen-bond donors (Lipinski definition) is 1. The first kappa shape index (κ1) is 12.2. The molecule has 1 unspecified atom stereocenters. The zero-order valence-electron chi connectivity index (χ0n) is 9.82. The smallest absolute Gasteiger partial charge is 0.255 e. The van der Waals surface area contributed by atoms with Crippen LogP contribution in [0, 0.1) is 0 Å². The van der Waals surface area contributed by atoms with Gasteiger partial charge in [0.15, 0.2) is 0 Å². The Labute approximate surface area is 106 Å². The van der Waals surface area contributed by atoms with E-state index in [1.54, 1.807) is 6.07 Å². The molecule has 1 aliphatic heterocycles. The molecule has 2 rings (SSSR count). The van der Waals surface area contributed by atoms with Crippen molar-refractivity contribution in [1.29, 1.82) is 0 Å². The van der Waals surface area contributed by atoms with E-state index in [0.29, 0.717) is 10.6 Å². The lowest BCUT2D eigenvalue weighted by atomic mass is 10.0. The molecule has 1 aromatic heterocycles. The molecule has 17 heavy (non-hydrogen) atoms. The van der Waals surface area contributed by atoms with Gasteiger partial charge < -0.3 is 10.6 Å². The highest BCUT2D eigenvalue weighted by Crippen LogP contribution is 2.22. The van der Waals surface area contributed by atoms with Crippen LogP contribution in [-0.4, -0.2) is 28.4 Å². The number of rotatable bonds is 1. The maximum Gasteiger partial charge on any atom is 0.255 e. The number of nitrogens with two attached hydrogens (primary N) is 1. The number of carbonyl (C=O) groups excluding carboxylic acids is 1. The predicted octanol–water partition coefficient (Wildman–Crippen LogP) is 2.33. The van der Waals surface area contributed by atoms with Crippen molar-refractivity contribution in [2.45, 2.75) is 32.2 Å². The summed E-state index contributed by atoms with van der Waals surface area (Å²) < 4.78 is 0. The van der Waals surface area contributed by atoms with Gasteiger partial charge in [-0.1, -0.05) is 11.6 Å². The molecule has 0 radical (unpaired) electrons. The Hall–Kier alpha value is -1.29. The Morgan fingerprint density at radius 1 is 1.59 bits per heavy atom. The van der Waals surface area contributed by atoms with Crippen molar-refractivity contribution in [3.8, 4) is 0 Å². The summed E-state index contributed by atoms with van der Waals surface area (Å²) in [7, 11) is 0. The second kappa shape index (κ2) is 4.92. The van der Waals surface area contributed by atoms with E-state index in [2.05, 4.69) is 11.9 Å². The molecule has 5 heteroatoms. The fraction of sp³-hybridized carbons (Fsp3) is 0.500. The molecule has 2 N–H and O–H groups in total. The first-order valence-electron chi connectivity index (χ1n) is 5.81. The number of aromatic nitrogens is 1. The Bertz CT molecular complexity index is 436. The molecule has 92 valence electrons. The minimum Gasteiger partial charge on any atom is -0.382 e. The molecule has 1 amide bonds. The zero-order valence-corrected chi connectivity index (χ0v) is 10.6. The maximum absolute atomic E-state index is 12.3. The van der Waals surface area contributed by atoms with Crippen molar-refractivity contribution in [1.82, 2.24) is 9.88 Å². The normalized spacial score (nSPS) is 20.4. The summed E-state index contributed by atoms with van der Waals surface area (Å²) >= 11 is 5.87. The van der Waals surface area contributed by atoms with Crippen molar-refractivity contribution in [3.63, 3.8) is 0 Å². The van der Waals surface area contributed by atoms with Gasteiger partial charge >= 0.3 is 0 Å². The fourth-order valence-corrected chi connectivity index (χ4v) is 2.30. The molecular formula is C12H16ClN3O. The van der Waals surface area contributed by atoms with Gasteiger partial charge in [-0.3, -0.25) is 4.79 Å². The first-order valence-corrected chi connectivity index (χ1v) is 6.19. The van der Waals surface area contributed by atoms with E-state index in [4.69, 9.17) is 17.3 Å². The Morgan fingerprint density at radius 3 is 3.00 bits per heavy atom. The van der Waals surface area contributed by atoms with Gasteiger partial charge in [-0.2, -0.15) is 0 Å². The van der Waals surface area contributed by atoms with Gasteiger partial charge in [0, 0.05) is 18.8 Å². The van der Waals surface area contributed by atoms with E-state index in [1.807, 2.05) is 4.90 Å². The highest BCUT2D eigenvalue weighted by Gasteiger charge is 2.24. The van der Waals surface area contributed by atoms with Gasteiger partial charge in [0.25, 0.3) is 5.91 Å². The van der Waals surface area contributed by atoms with Crippen molar-refractivity contribution < 1.29 is 4.79 Å². The molecule has 0 bridgehead atoms. The third-order valence-electron chi connectivity index (χ3n) is 3.18. The van der Waals surface area contributed by atoms with Crippen LogP contribution < -0.4 is 5.73 Å². The Kier molecular flexibility index (Phi) is 3.52. The van der Waals surface area contributed by atoms with Gasteiger partial charge in [-0.15, -0.1) is 0 Å². The standard InChI is InChI=1S/C12H16ClN3O/c1-8-4-2-3-5-16(8)12(17)9-6-10(13)11(14)15-7-9/h6-8H,2-5H2,1H3,(H2,14,15). The van der Waals surface area contributed by atoms with Crippen LogP contribution in [0.4, 0.5) is 5.82 Å². The number of likely N-dealkylation sites (tertiary alicyclic amines) is 1. The average Bonchev–Trinajstić information content (AvgIpc) is 2.32. The van der Waals surface area contributed by atoms with E-state index in [0.717, 1.165) is 19.4 Å². The van der Waals surface area contributed by atoms with Gasteiger partial charge in [0.05, 0.1) is 10.6 Å². The quantitative estimate of drug-likeness (QED) is 0.836. The van der Waals surface area contributed by atoms with Crippen molar-refractivity contribution in [2.75, 3.05) is 12.3 Å². The highest BCUT2D eigenvalue weighted by molar-refractivity contribution is 6.33. The molecule has 0 saturated carbocycles. The molecule has 1 aliphatic rings. The van der Waals surface area contributed by atoms with Gasteiger partial charge in [0.2, 0.25) is 0 Å². The number of amides is 1. The summed E-state index contributed by atoms with van der Waals surface area (Å²) in [6, 6.07) is 1.88. The minimum atomic E-state index is -0.00778.